The fourth-order valence-corrected chi connectivity index (χ4v) is 2.25. The molecule has 0 spiro atoms. The van der Waals surface area contributed by atoms with Gasteiger partial charge in [-0.2, -0.15) is 4.98 Å². The van der Waals surface area contributed by atoms with Gasteiger partial charge >= 0.3 is 0 Å². The molecule has 116 valence electrons. The standard InChI is InChI=1S/C18H17N3O2/c1-13-7-5-6-10-15(13)11-16(22)19-12-17-20-18(21-23-17)14-8-3-2-4-9-14/h2-10H,11-12H2,1H3,(H,19,22). The maximum absolute atomic E-state index is 12.0. The van der Waals surface area contributed by atoms with E-state index in [-0.39, 0.29) is 12.5 Å². The second-order valence-corrected chi connectivity index (χ2v) is 5.26. The first-order valence-electron chi connectivity index (χ1n) is 7.41. The summed E-state index contributed by atoms with van der Waals surface area (Å²) in [6, 6.07) is 17.4. The molecule has 0 atom stereocenters. The van der Waals surface area contributed by atoms with Gasteiger partial charge in [-0.3, -0.25) is 4.79 Å². The summed E-state index contributed by atoms with van der Waals surface area (Å²) in [6.45, 7) is 2.22. The van der Waals surface area contributed by atoms with Gasteiger partial charge in [0.2, 0.25) is 17.6 Å². The van der Waals surface area contributed by atoms with Gasteiger partial charge in [-0.05, 0) is 18.1 Å². The molecule has 0 unspecified atom stereocenters. The molecule has 0 aliphatic carbocycles. The number of carbonyl (C=O) groups excluding carboxylic acids is 1. The molecule has 0 aliphatic rings. The molecule has 3 rings (SSSR count). The molecule has 0 fully saturated rings. The number of carbonyl (C=O) groups is 1. The first-order chi connectivity index (χ1) is 11.2. The van der Waals surface area contributed by atoms with Crippen LogP contribution in [-0.4, -0.2) is 16.0 Å². The molecule has 5 nitrogen and oxygen atoms in total. The number of rotatable bonds is 5. The van der Waals surface area contributed by atoms with E-state index in [2.05, 4.69) is 15.5 Å². The van der Waals surface area contributed by atoms with E-state index in [0.29, 0.717) is 18.1 Å². The number of aryl methyl sites for hydroxylation is 1. The highest BCUT2D eigenvalue weighted by Crippen LogP contribution is 2.14. The topological polar surface area (TPSA) is 68.0 Å². The number of hydrogen-bond acceptors (Lipinski definition) is 4. The second kappa shape index (κ2) is 6.87. The molecule has 1 amide bonds. The Bertz CT molecular complexity index is 797. The summed E-state index contributed by atoms with van der Waals surface area (Å²) in [5.41, 5.74) is 3.00. The Balaban J connectivity index is 1.58. The smallest absolute Gasteiger partial charge is 0.246 e. The fraction of sp³-hybridized carbons (Fsp3) is 0.167. The maximum atomic E-state index is 12.0. The van der Waals surface area contributed by atoms with Crippen molar-refractivity contribution in [1.29, 1.82) is 0 Å². The predicted molar refractivity (Wildman–Crippen MR) is 86.5 cm³/mol. The molecule has 23 heavy (non-hydrogen) atoms. The molecular formula is C18H17N3O2. The molecule has 0 bridgehead atoms. The summed E-state index contributed by atoms with van der Waals surface area (Å²) >= 11 is 0. The largest absolute Gasteiger partial charge is 0.347 e. The minimum absolute atomic E-state index is 0.0706. The highest BCUT2D eigenvalue weighted by atomic mass is 16.5. The summed E-state index contributed by atoms with van der Waals surface area (Å²) in [5, 5.41) is 6.73. The van der Waals surface area contributed by atoms with Gasteiger partial charge in [0.15, 0.2) is 0 Å². The van der Waals surface area contributed by atoms with Crippen molar-refractivity contribution >= 4 is 5.91 Å². The van der Waals surface area contributed by atoms with Crippen LogP contribution in [0.25, 0.3) is 11.4 Å². The van der Waals surface area contributed by atoms with Crippen molar-refractivity contribution in [3.63, 3.8) is 0 Å². The third-order valence-electron chi connectivity index (χ3n) is 3.55. The van der Waals surface area contributed by atoms with Crippen LogP contribution in [0.4, 0.5) is 0 Å². The lowest BCUT2D eigenvalue weighted by Gasteiger charge is -2.05. The van der Waals surface area contributed by atoms with Crippen LogP contribution in [0.1, 0.15) is 17.0 Å². The number of benzene rings is 2. The van der Waals surface area contributed by atoms with Crippen molar-refractivity contribution in [2.45, 2.75) is 19.9 Å². The highest BCUT2D eigenvalue weighted by molar-refractivity contribution is 5.78. The summed E-state index contributed by atoms with van der Waals surface area (Å²) in [6.07, 6.45) is 0.340. The van der Waals surface area contributed by atoms with Crippen LogP contribution in [0.3, 0.4) is 0 Å². The van der Waals surface area contributed by atoms with Gasteiger partial charge in [0, 0.05) is 5.56 Å². The van der Waals surface area contributed by atoms with E-state index in [1.54, 1.807) is 0 Å². The average molecular weight is 307 g/mol. The molecule has 5 heteroatoms. The lowest BCUT2D eigenvalue weighted by atomic mass is 10.1. The lowest BCUT2D eigenvalue weighted by molar-refractivity contribution is -0.120. The van der Waals surface area contributed by atoms with E-state index in [1.165, 1.54) is 0 Å². The summed E-state index contributed by atoms with van der Waals surface area (Å²) < 4.78 is 5.17. The van der Waals surface area contributed by atoms with Crippen LogP contribution < -0.4 is 5.32 Å². The Kier molecular flexibility index (Phi) is 4.47. The zero-order valence-corrected chi connectivity index (χ0v) is 12.8. The first kappa shape index (κ1) is 15.0. The van der Waals surface area contributed by atoms with Crippen LogP contribution in [-0.2, 0) is 17.8 Å². The van der Waals surface area contributed by atoms with Gasteiger partial charge in [-0.1, -0.05) is 59.8 Å². The number of nitrogens with one attached hydrogen (secondary N) is 1. The molecule has 0 radical (unpaired) electrons. The highest BCUT2D eigenvalue weighted by Gasteiger charge is 2.10. The van der Waals surface area contributed by atoms with E-state index in [9.17, 15) is 4.79 Å². The summed E-state index contributed by atoms with van der Waals surface area (Å²) in [4.78, 5) is 16.3. The number of hydrogen-bond donors (Lipinski definition) is 1. The van der Waals surface area contributed by atoms with Crippen molar-refractivity contribution in [2.75, 3.05) is 0 Å². The molecule has 0 saturated heterocycles. The monoisotopic (exact) mass is 307 g/mol. The Morgan fingerprint density at radius 2 is 1.83 bits per heavy atom. The predicted octanol–water partition coefficient (Wildman–Crippen LogP) is 2.90. The minimum atomic E-state index is -0.0706. The van der Waals surface area contributed by atoms with Crippen LogP contribution in [0.5, 0.6) is 0 Å². The Morgan fingerprint density at radius 3 is 2.61 bits per heavy atom. The number of amides is 1. The maximum Gasteiger partial charge on any atom is 0.246 e. The third-order valence-corrected chi connectivity index (χ3v) is 3.55. The van der Waals surface area contributed by atoms with Crippen molar-refractivity contribution in [3.8, 4) is 11.4 Å². The average Bonchev–Trinajstić information content (AvgIpc) is 3.05. The van der Waals surface area contributed by atoms with Gasteiger partial charge in [-0.25, -0.2) is 0 Å². The second-order valence-electron chi connectivity index (χ2n) is 5.26. The lowest BCUT2D eigenvalue weighted by Crippen LogP contribution is -2.25. The molecule has 2 aromatic carbocycles. The zero-order chi connectivity index (χ0) is 16.1. The van der Waals surface area contributed by atoms with Crippen LogP contribution in [0.15, 0.2) is 59.1 Å². The molecule has 3 aromatic rings. The van der Waals surface area contributed by atoms with Gasteiger partial charge in [-0.15, -0.1) is 0 Å². The molecule has 0 aliphatic heterocycles. The zero-order valence-electron chi connectivity index (χ0n) is 12.8. The van der Waals surface area contributed by atoms with Crippen molar-refractivity contribution in [2.24, 2.45) is 0 Å². The van der Waals surface area contributed by atoms with Crippen LogP contribution >= 0.6 is 0 Å². The third kappa shape index (κ3) is 3.83. The molecule has 1 heterocycles. The van der Waals surface area contributed by atoms with Crippen molar-refractivity contribution in [3.05, 3.63) is 71.6 Å². The molecule has 1 N–H and O–H groups in total. The normalized spacial score (nSPS) is 10.5. The van der Waals surface area contributed by atoms with Gasteiger partial charge < -0.3 is 9.84 Å². The van der Waals surface area contributed by atoms with E-state index in [1.807, 2.05) is 61.5 Å². The SMILES string of the molecule is Cc1ccccc1CC(=O)NCc1nc(-c2ccccc2)no1. The van der Waals surface area contributed by atoms with Crippen molar-refractivity contribution < 1.29 is 9.32 Å². The Hall–Kier alpha value is -2.95. The van der Waals surface area contributed by atoms with E-state index < -0.39 is 0 Å². The minimum Gasteiger partial charge on any atom is -0.347 e. The number of nitrogens with zero attached hydrogens (tertiary/aromatic N) is 2. The quantitative estimate of drug-likeness (QED) is 0.787. The fourth-order valence-electron chi connectivity index (χ4n) is 2.25. The Morgan fingerprint density at radius 1 is 1.09 bits per heavy atom. The van der Waals surface area contributed by atoms with Gasteiger partial charge in [0.1, 0.15) is 0 Å². The van der Waals surface area contributed by atoms with E-state index in [0.717, 1.165) is 16.7 Å². The number of aromatic nitrogens is 2. The summed E-state index contributed by atoms with van der Waals surface area (Å²) in [5.74, 6) is 0.842. The molecular weight excluding hydrogens is 290 g/mol. The molecule has 0 saturated carbocycles. The van der Waals surface area contributed by atoms with E-state index in [4.69, 9.17) is 4.52 Å². The van der Waals surface area contributed by atoms with Gasteiger partial charge in [0.05, 0.1) is 13.0 Å². The Labute approximate surface area is 134 Å². The van der Waals surface area contributed by atoms with Crippen LogP contribution in [0.2, 0.25) is 0 Å². The van der Waals surface area contributed by atoms with Gasteiger partial charge in [0.25, 0.3) is 0 Å². The molecule has 1 aromatic heterocycles. The summed E-state index contributed by atoms with van der Waals surface area (Å²) in [7, 11) is 0. The van der Waals surface area contributed by atoms with Crippen LogP contribution in [0, 0.1) is 6.92 Å². The first-order valence-corrected chi connectivity index (χ1v) is 7.41. The van der Waals surface area contributed by atoms with E-state index >= 15 is 0 Å². The van der Waals surface area contributed by atoms with Crippen molar-refractivity contribution in [1.82, 2.24) is 15.5 Å².